The molecule has 0 N–H and O–H groups in total. The van der Waals surface area contributed by atoms with Crippen molar-refractivity contribution in [3.63, 3.8) is 0 Å². The summed E-state index contributed by atoms with van der Waals surface area (Å²) in [5, 5.41) is 4.26. The smallest absolute Gasteiger partial charge is 0.160 e. The standard InChI is InChI=1S/C32H20N4/c1-3-10-22(11-4-1)29-26-17-18-28-27(30(26)36-32(35-29)23-12-5-2-6-13-23)20-33-31(34-28)25-16-15-21-9-7-8-14-24(21)19-25/h1-20H. The van der Waals surface area contributed by atoms with Crippen molar-refractivity contribution in [2.24, 2.45) is 0 Å². The molecule has 2 aromatic heterocycles. The summed E-state index contributed by atoms with van der Waals surface area (Å²) >= 11 is 0. The van der Waals surface area contributed by atoms with Crippen molar-refractivity contribution in [3.8, 4) is 34.0 Å². The van der Waals surface area contributed by atoms with Gasteiger partial charge in [-0.1, -0.05) is 97.1 Å². The molecule has 2 heterocycles. The zero-order valence-corrected chi connectivity index (χ0v) is 19.3. The van der Waals surface area contributed by atoms with Crippen LogP contribution in [0.3, 0.4) is 0 Å². The summed E-state index contributed by atoms with van der Waals surface area (Å²) in [6, 6.07) is 39.1. The van der Waals surface area contributed by atoms with Gasteiger partial charge < -0.3 is 0 Å². The molecule has 0 aliphatic carbocycles. The molecule has 0 aliphatic heterocycles. The number of nitrogens with zero attached hydrogens (tertiary/aromatic N) is 4. The van der Waals surface area contributed by atoms with Crippen molar-refractivity contribution in [1.29, 1.82) is 0 Å². The highest BCUT2D eigenvalue weighted by Crippen LogP contribution is 2.33. The zero-order chi connectivity index (χ0) is 23.9. The van der Waals surface area contributed by atoms with Crippen molar-refractivity contribution < 1.29 is 0 Å². The van der Waals surface area contributed by atoms with Gasteiger partial charge in [0.05, 0.1) is 16.7 Å². The van der Waals surface area contributed by atoms with Gasteiger partial charge in [0.15, 0.2) is 11.6 Å². The van der Waals surface area contributed by atoms with Crippen LogP contribution in [-0.2, 0) is 0 Å². The molecular formula is C32H20N4. The lowest BCUT2D eigenvalue weighted by Crippen LogP contribution is -1.97. The average Bonchev–Trinajstić information content (AvgIpc) is 2.97. The number of rotatable bonds is 3. The van der Waals surface area contributed by atoms with Crippen LogP contribution in [0.5, 0.6) is 0 Å². The molecule has 0 fully saturated rings. The van der Waals surface area contributed by atoms with Gasteiger partial charge in [0.2, 0.25) is 0 Å². The Bertz CT molecular complexity index is 1880. The summed E-state index contributed by atoms with van der Waals surface area (Å²) in [6.07, 6.45) is 1.89. The molecule has 0 saturated carbocycles. The van der Waals surface area contributed by atoms with Gasteiger partial charge in [0.1, 0.15) is 0 Å². The molecule has 0 amide bonds. The molecule has 0 spiro atoms. The fourth-order valence-electron chi connectivity index (χ4n) is 4.70. The van der Waals surface area contributed by atoms with Crippen molar-refractivity contribution >= 4 is 32.6 Å². The van der Waals surface area contributed by atoms with E-state index in [0.29, 0.717) is 11.6 Å². The predicted octanol–water partition coefficient (Wildman–Crippen LogP) is 7.73. The summed E-state index contributed by atoms with van der Waals surface area (Å²) in [5.74, 6) is 1.39. The number of aromatic nitrogens is 4. The Hall–Kier alpha value is -4.96. The Labute approximate surface area is 208 Å². The van der Waals surface area contributed by atoms with E-state index < -0.39 is 0 Å². The predicted molar refractivity (Wildman–Crippen MR) is 146 cm³/mol. The van der Waals surface area contributed by atoms with Gasteiger partial charge in [-0.3, -0.25) is 0 Å². The second kappa shape index (κ2) is 8.36. The maximum absolute atomic E-state index is 5.01. The highest BCUT2D eigenvalue weighted by atomic mass is 14.9. The van der Waals surface area contributed by atoms with Crippen LogP contribution in [0.15, 0.2) is 121 Å². The average molecular weight is 461 g/mol. The monoisotopic (exact) mass is 460 g/mol. The molecule has 5 aromatic carbocycles. The van der Waals surface area contributed by atoms with E-state index in [1.807, 2.05) is 66.9 Å². The molecule has 168 valence electrons. The van der Waals surface area contributed by atoms with Gasteiger partial charge in [-0.2, -0.15) is 0 Å². The molecule has 4 heteroatoms. The molecule has 0 unspecified atom stereocenters. The first-order chi connectivity index (χ1) is 17.8. The normalized spacial score (nSPS) is 11.3. The molecule has 0 saturated heterocycles. The summed E-state index contributed by atoms with van der Waals surface area (Å²) in [4.78, 5) is 19.7. The number of benzene rings is 5. The number of hydrogen-bond acceptors (Lipinski definition) is 4. The fourth-order valence-corrected chi connectivity index (χ4v) is 4.70. The molecule has 36 heavy (non-hydrogen) atoms. The second-order valence-electron chi connectivity index (χ2n) is 8.78. The largest absolute Gasteiger partial charge is 0.236 e. The summed E-state index contributed by atoms with van der Waals surface area (Å²) < 4.78 is 0. The lowest BCUT2D eigenvalue weighted by atomic mass is 10.0. The molecule has 4 nitrogen and oxygen atoms in total. The van der Waals surface area contributed by atoms with Crippen molar-refractivity contribution in [2.45, 2.75) is 0 Å². The van der Waals surface area contributed by atoms with Crippen LogP contribution < -0.4 is 0 Å². The second-order valence-corrected chi connectivity index (χ2v) is 8.78. The Morgan fingerprint density at radius 2 is 1.17 bits per heavy atom. The summed E-state index contributed by atoms with van der Waals surface area (Å²) in [7, 11) is 0. The number of hydrogen-bond donors (Lipinski definition) is 0. The molecule has 0 bridgehead atoms. The maximum Gasteiger partial charge on any atom is 0.160 e. The Morgan fingerprint density at radius 3 is 1.97 bits per heavy atom. The topological polar surface area (TPSA) is 51.6 Å². The van der Waals surface area contributed by atoms with Gasteiger partial charge >= 0.3 is 0 Å². The van der Waals surface area contributed by atoms with Crippen molar-refractivity contribution in [2.75, 3.05) is 0 Å². The molecule has 7 rings (SSSR count). The first-order valence-corrected chi connectivity index (χ1v) is 11.9. The molecule has 0 atom stereocenters. The minimum absolute atomic E-state index is 0.688. The van der Waals surface area contributed by atoms with Crippen molar-refractivity contribution in [3.05, 3.63) is 121 Å². The van der Waals surface area contributed by atoms with Crippen LogP contribution in [0.4, 0.5) is 0 Å². The van der Waals surface area contributed by atoms with Gasteiger partial charge in [0, 0.05) is 33.7 Å². The van der Waals surface area contributed by atoms with Crippen LogP contribution in [0.2, 0.25) is 0 Å². The van der Waals surface area contributed by atoms with E-state index in [9.17, 15) is 0 Å². The maximum atomic E-state index is 5.01. The Balaban J connectivity index is 1.46. The van der Waals surface area contributed by atoms with Crippen LogP contribution >= 0.6 is 0 Å². The third kappa shape index (κ3) is 3.48. The third-order valence-corrected chi connectivity index (χ3v) is 6.51. The first-order valence-electron chi connectivity index (χ1n) is 11.9. The van der Waals surface area contributed by atoms with E-state index in [2.05, 4.69) is 54.6 Å². The van der Waals surface area contributed by atoms with Crippen LogP contribution in [-0.4, -0.2) is 19.9 Å². The van der Waals surface area contributed by atoms with Gasteiger partial charge in [-0.25, -0.2) is 19.9 Å². The minimum Gasteiger partial charge on any atom is -0.236 e. The van der Waals surface area contributed by atoms with E-state index in [4.69, 9.17) is 19.9 Å². The van der Waals surface area contributed by atoms with Crippen LogP contribution in [0, 0.1) is 0 Å². The Morgan fingerprint density at radius 1 is 0.444 bits per heavy atom. The molecular weight excluding hydrogens is 440 g/mol. The van der Waals surface area contributed by atoms with E-state index in [1.165, 1.54) is 10.8 Å². The highest BCUT2D eigenvalue weighted by Gasteiger charge is 2.15. The van der Waals surface area contributed by atoms with Crippen LogP contribution in [0.1, 0.15) is 0 Å². The first kappa shape index (κ1) is 20.4. The lowest BCUT2D eigenvalue weighted by Gasteiger charge is -2.11. The van der Waals surface area contributed by atoms with Gasteiger partial charge in [-0.05, 0) is 29.0 Å². The third-order valence-electron chi connectivity index (χ3n) is 6.51. The number of fused-ring (bicyclic) bond motifs is 4. The van der Waals surface area contributed by atoms with Crippen molar-refractivity contribution in [1.82, 2.24) is 19.9 Å². The van der Waals surface area contributed by atoms with E-state index >= 15 is 0 Å². The minimum atomic E-state index is 0.688. The zero-order valence-electron chi connectivity index (χ0n) is 19.3. The lowest BCUT2D eigenvalue weighted by molar-refractivity contribution is 1.21. The van der Waals surface area contributed by atoms with Crippen LogP contribution in [0.25, 0.3) is 66.6 Å². The molecule has 0 radical (unpaired) electrons. The van der Waals surface area contributed by atoms with E-state index in [-0.39, 0.29) is 0 Å². The molecule has 0 aliphatic rings. The van der Waals surface area contributed by atoms with E-state index in [1.54, 1.807) is 0 Å². The highest BCUT2D eigenvalue weighted by molar-refractivity contribution is 6.08. The van der Waals surface area contributed by atoms with E-state index in [0.717, 1.165) is 44.2 Å². The Kier molecular flexibility index (Phi) is 4.74. The van der Waals surface area contributed by atoms with Gasteiger partial charge in [-0.15, -0.1) is 0 Å². The summed E-state index contributed by atoms with van der Waals surface area (Å²) in [5.41, 5.74) is 5.63. The quantitative estimate of drug-likeness (QED) is 0.253. The SMILES string of the molecule is c1ccc(-c2nc(-c3ccccc3)c3ccc4nc(-c5ccc6ccccc6c5)ncc4c3n2)cc1. The molecule has 7 aromatic rings. The van der Waals surface area contributed by atoms with Gasteiger partial charge in [0.25, 0.3) is 0 Å². The summed E-state index contributed by atoms with van der Waals surface area (Å²) in [6.45, 7) is 0. The fraction of sp³-hybridized carbons (Fsp3) is 0.